The van der Waals surface area contributed by atoms with Gasteiger partial charge in [-0.3, -0.25) is 0 Å². The fourth-order valence-electron chi connectivity index (χ4n) is 0.633. The van der Waals surface area contributed by atoms with Crippen molar-refractivity contribution in [3.05, 3.63) is 0 Å². The normalized spacial score (nSPS) is 10.0. The van der Waals surface area contributed by atoms with Gasteiger partial charge in [0.1, 0.15) is 0 Å². The smallest absolute Gasteiger partial charge is 0.0422 e. The van der Waals surface area contributed by atoms with E-state index in [-0.39, 0.29) is 12.8 Å². The molecule has 0 amide bonds. The third kappa shape index (κ3) is 11.6. The van der Waals surface area contributed by atoms with Crippen molar-refractivity contribution >= 4 is 35.5 Å². The Kier molecular flexibility index (Phi) is 8.97. The van der Waals surface area contributed by atoms with Crippen LogP contribution in [0.1, 0.15) is 12.8 Å². The van der Waals surface area contributed by atoms with Gasteiger partial charge >= 0.3 is 0 Å². The van der Waals surface area contributed by atoms with Gasteiger partial charge in [0, 0.05) is 23.4 Å². The summed E-state index contributed by atoms with van der Waals surface area (Å²) in [4.78, 5) is 20.0. The molecular weight excluding hydrogens is 224 g/mol. The van der Waals surface area contributed by atoms with Crippen molar-refractivity contribution in [3.8, 4) is 0 Å². The average molecular weight is 236 g/mol. The van der Waals surface area contributed by atoms with Gasteiger partial charge in [0.15, 0.2) is 0 Å². The van der Waals surface area contributed by atoms with Crippen molar-refractivity contribution in [3.63, 3.8) is 0 Å². The number of thioether (sulfide) groups is 2. The van der Waals surface area contributed by atoms with E-state index < -0.39 is 11.9 Å². The van der Waals surface area contributed by atoms with Crippen LogP contribution in [0.2, 0.25) is 0 Å². The highest BCUT2D eigenvalue weighted by Gasteiger charge is 1.92. The lowest BCUT2D eigenvalue weighted by atomic mass is 10.5. The van der Waals surface area contributed by atoms with Crippen LogP contribution in [-0.4, -0.2) is 35.0 Å². The Morgan fingerprint density at radius 3 is 1.43 bits per heavy atom. The van der Waals surface area contributed by atoms with Crippen molar-refractivity contribution in [2.75, 3.05) is 23.0 Å². The van der Waals surface area contributed by atoms with Gasteiger partial charge in [-0.1, -0.05) is 0 Å². The van der Waals surface area contributed by atoms with Gasteiger partial charge < -0.3 is 19.8 Å². The molecule has 0 unspecified atom stereocenters. The molecular formula is C8H12O4S2-2. The Labute approximate surface area is 91.5 Å². The van der Waals surface area contributed by atoms with Crippen LogP contribution in [-0.2, 0) is 9.59 Å². The van der Waals surface area contributed by atoms with E-state index in [1.54, 1.807) is 0 Å². The average Bonchev–Trinajstić information content (AvgIpc) is 2.08. The summed E-state index contributed by atoms with van der Waals surface area (Å²) in [5.41, 5.74) is 0. The van der Waals surface area contributed by atoms with E-state index in [0.29, 0.717) is 11.5 Å². The standard InChI is InChI=1S/C8H14O4S2/c9-7(10)1-3-13-5-6-14-4-2-8(11)12/h1-6H2,(H,9,10)(H,11,12)/p-2. The molecule has 0 aromatic heterocycles. The zero-order valence-corrected chi connectivity index (χ0v) is 9.33. The first kappa shape index (κ1) is 13.6. The summed E-state index contributed by atoms with van der Waals surface area (Å²) in [6.45, 7) is 0. The molecule has 0 aliphatic heterocycles. The largest absolute Gasteiger partial charge is 0.550 e. The van der Waals surface area contributed by atoms with Crippen LogP contribution < -0.4 is 10.2 Å². The van der Waals surface area contributed by atoms with E-state index in [2.05, 4.69) is 0 Å². The monoisotopic (exact) mass is 236 g/mol. The maximum Gasteiger partial charge on any atom is 0.0422 e. The molecule has 0 aliphatic carbocycles. The number of carboxylic acid groups (broad SMARTS) is 2. The number of aliphatic carboxylic acids is 2. The van der Waals surface area contributed by atoms with Crippen molar-refractivity contribution < 1.29 is 19.8 Å². The molecule has 0 fully saturated rings. The van der Waals surface area contributed by atoms with Crippen molar-refractivity contribution in [2.24, 2.45) is 0 Å². The van der Waals surface area contributed by atoms with Crippen LogP contribution >= 0.6 is 23.5 Å². The Morgan fingerprint density at radius 1 is 0.786 bits per heavy atom. The van der Waals surface area contributed by atoms with E-state index >= 15 is 0 Å². The zero-order valence-electron chi connectivity index (χ0n) is 7.69. The van der Waals surface area contributed by atoms with E-state index in [0.717, 1.165) is 11.5 Å². The van der Waals surface area contributed by atoms with E-state index in [4.69, 9.17) is 0 Å². The number of carbonyl (C=O) groups is 2. The van der Waals surface area contributed by atoms with Crippen molar-refractivity contribution in [1.82, 2.24) is 0 Å². The number of carbonyl (C=O) groups excluding carboxylic acids is 2. The van der Waals surface area contributed by atoms with Gasteiger partial charge in [0.2, 0.25) is 0 Å². The summed E-state index contributed by atoms with van der Waals surface area (Å²) in [6.07, 6.45) is 0.156. The molecule has 0 heterocycles. The second-order valence-electron chi connectivity index (χ2n) is 2.47. The van der Waals surface area contributed by atoms with Crippen LogP contribution in [0, 0.1) is 0 Å². The number of hydrogen-bond donors (Lipinski definition) is 0. The summed E-state index contributed by atoms with van der Waals surface area (Å²) < 4.78 is 0. The molecule has 0 spiro atoms. The predicted octanol–water partition coefficient (Wildman–Crippen LogP) is -1.27. The zero-order chi connectivity index (χ0) is 10.8. The molecule has 0 saturated heterocycles. The van der Waals surface area contributed by atoms with Gasteiger partial charge in [-0.05, 0) is 24.3 Å². The highest BCUT2D eigenvalue weighted by molar-refractivity contribution is 8.02. The second kappa shape index (κ2) is 9.21. The molecule has 0 aromatic carbocycles. The van der Waals surface area contributed by atoms with Gasteiger partial charge in [0.25, 0.3) is 0 Å². The number of carboxylic acids is 2. The molecule has 14 heavy (non-hydrogen) atoms. The lowest BCUT2D eigenvalue weighted by Gasteiger charge is -2.03. The van der Waals surface area contributed by atoms with Crippen LogP contribution in [0.25, 0.3) is 0 Å². The Hall–Kier alpha value is -0.360. The quantitative estimate of drug-likeness (QED) is 0.464. The molecule has 0 aromatic rings. The fourth-order valence-corrected chi connectivity index (χ4v) is 2.61. The Balaban J connectivity index is 2.99. The lowest BCUT2D eigenvalue weighted by molar-refractivity contribution is -0.306. The number of rotatable bonds is 9. The van der Waals surface area contributed by atoms with Gasteiger partial charge in [0.05, 0.1) is 0 Å². The summed E-state index contributed by atoms with van der Waals surface area (Å²) >= 11 is 3.07. The summed E-state index contributed by atoms with van der Waals surface area (Å²) in [5.74, 6) is 0.743. The molecule has 82 valence electrons. The first-order chi connectivity index (χ1) is 6.63. The molecule has 0 aliphatic rings. The molecule has 6 heteroatoms. The topological polar surface area (TPSA) is 80.3 Å². The first-order valence-corrected chi connectivity index (χ1v) is 6.49. The SMILES string of the molecule is O=C([O-])CCSCCSCCC(=O)[O-]. The second-order valence-corrected chi connectivity index (χ2v) is 4.92. The maximum atomic E-state index is 10.0. The molecule has 0 N–H and O–H groups in total. The molecule has 4 nitrogen and oxygen atoms in total. The summed E-state index contributed by atoms with van der Waals surface area (Å²) in [7, 11) is 0. The van der Waals surface area contributed by atoms with Gasteiger partial charge in [-0.2, -0.15) is 23.5 Å². The minimum Gasteiger partial charge on any atom is -0.550 e. The third-order valence-electron chi connectivity index (χ3n) is 1.27. The number of hydrogen-bond acceptors (Lipinski definition) is 6. The predicted molar refractivity (Wildman–Crippen MR) is 53.9 cm³/mol. The fraction of sp³-hybridized carbons (Fsp3) is 0.750. The highest BCUT2D eigenvalue weighted by Crippen LogP contribution is 2.08. The minimum absolute atomic E-state index is 0.0778. The molecule has 0 bridgehead atoms. The lowest BCUT2D eigenvalue weighted by Crippen LogP contribution is -2.22. The molecule has 0 rings (SSSR count). The van der Waals surface area contributed by atoms with E-state index in [1.165, 1.54) is 23.5 Å². The first-order valence-electron chi connectivity index (χ1n) is 4.18. The minimum atomic E-state index is -1.03. The van der Waals surface area contributed by atoms with Crippen molar-refractivity contribution in [1.29, 1.82) is 0 Å². The van der Waals surface area contributed by atoms with Gasteiger partial charge in [-0.25, -0.2) is 0 Å². The van der Waals surface area contributed by atoms with Crippen LogP contribution in [0.4, 0.5) is 0 Å². The van der Waals surface area contributed by atoms with E-state index in [9.17, 15) is 19.8 Å². The Morgan fingerprint density at radius 2 is 1.14 bits per heavy atom. The maximum absolute atomic E-state index is 10.0. The van der Waals surface area contributed by atoms with Crippen LogP contribution in [0.5, 0.6) is 0 Å². The molecule has 0 atom stereocenters. The summed E-state index contributed by atoms with van der Waals surface area (Å²) in [5, 5.41) is 20.0. The third-order valence-corrected chi connectivity index (χ3v) is 3.50. The summed E-state index contributed by atoms with van der Waals surface area (Å²) in [6, 6.07) is 0. The molecule has 0 radical (unpaired) electrons. The van der Waals surface area contributed by atoms with E-state index in [1.807, 2.05) is 0 Å². The van der Waals surface area contributed by atoms with Gasteiger partial charge in [-0.15, -0.1) is 0 Å². The van der Waals surface area contributed by atoms with Crippen LogP contribution in [0.15, 0.2) is 0 Å². The molecule has 0 saturated carbocycles. The van der Waals surface area contributed by atoms with Crippen molar-refractivity contribution in [2.45, 2.75) is 12.8 Å². The highest BCUT2D eigenvalue weighted by atomic mass is 32.2. The van der Waals surface area contributed by atoms with Crippen LogP contribution in [0.3, 0.4) is 0 Å². The Bertz CT molecular complexity index is 164.